The van der Waals surface area contributed by atoms with Gasteiger partial charge in [0.05, 0.1) is 6.07 Å². The summed E-state index contributed by atoms with van der Waals surface area (Å²) in [6.07, 6.45) is 15.0. The first-order valence-electron chi connectivity index (χ1n) is 11.3. The number of nitrogens with zero attached hydrogens (tertiary/aromatic N) is 5. The Hall–Kier alpha value is -1.87. The summed E-state index contributed by atoms with van der Waals surface area (Å²) in [5, 5.41) is 13.5. The summed E-state index contributed by atoms with van der Waals surface area (Å²) in [6, 6.07) is 5.05. The first-order chi connectivity index (χ1) is 13.8. The van der Waals surface area contributed by atoms with Gasteiger partial charge in [-0.05, 0) is 51.1 Å². The molecule has 4 rings (SSSR count). The number of aromatic nitrogens is 2. The van der Waals surface area contributed by atoms with Crippen molar-refractivity contribution in [2.24, 2.45) is 0 Å². The van der Waals surface area contributed by atoms with Crippen LogP contribution in [0.1, 0.15) is 70.6 Å². The largest absolute Gasteiger partial charge is 0.356 e. The predicted molar refractivity (Wildman–Crippen MR) is 112 cm³/mol. The standard InChI is InChI=1S/C22H34N6/c23-18-22(11-4-3-5-12-22)28-16-8-9-19(17-28)25-21-24-13-10-20(26-21)27-14-6-1-2-7-15-27/h10,13,19H,1-9,11-12,14-17H2,(H,24,25,26)/t19-/m0/s1. The van der Waals surface area contributed by atoms with Crippen molar-refractivity contribution in [3.05, 3.63) is 12.3 Å². The molecule has 1 aliphatic carbocycles. The van der Waals surface area contributed by atoms with Crippen LogP contribution >= 0.6 is 0 Å². The van der Waals surface area contributed by atoms with Crippen molar-refractivity contribution in [1.82, 2.24) is 14.9 Å². The summed E-state index contributed by atoms with van der Waals surface area (Å²) < 4.78 is 0. The highest BCUT2D eigenvalue weighted by Gasteiger charge is 2.40. The molecular formula is C22H34N6. The molecule has 1 N–H and O–H groups in total. The van der Waals surface area contributed by atoms with E-state index < -0.39 is 0 Å². The highest BCUT2D eigenvalue weighted by molar-refractivity contribution is 5.43. The number of nitrogens with one attached hydrogen (secondary N) is 1. The van der Waals surface area contributed by atoms with Crippen LogP contribution in [-0.4, -0.2) is 52.6 Å². The zero-order valence-electron chi connectivity index (χ0n) is 17.1. The summed E-state index contributed by atoms with van der Waals surface area (Å²) in [5.41, 5.74) is -0.243. The SMILES string of the molecule is N#CC1(N2CCC[C@H](Nc3nccc(N4CCCCCC4)n3)C2)CCCCC1. The Morgan fingerprint density at radius 1 is 1.00 bits per heavy atom. The topological polar surface area (TPSA) is 68.1 Å². The molecule has 1 aromatic heterocycles. The molecule has 3 fully saturated rings. The zero-order valence-corrected chi connectivity index (χ0v) is 17.1. The second-order valence-electron chi connectivity index (χ2n) is 8.77. The van der Waals surface area contributed by atoms with Gasteiger partial charge < -0.3 is 10.2 Å². The van der Waals surface area contributed by atoms with E-state index >= 15 is 0 Å². The lowest BCUT2D eigenvalue weighted by molar-refractivity contribution is 0.0724. The lowest BCUT2D eigenvalue weighted by Crippen LogP contribution is -2.55. The quantitative estimate of drug-likeness (QED) is 0.850. The molecule has 1 saturated carbocycles. The van der Waals surface area contributed by atoms with Crippen molar-refractivity contribution in [3.63, 3.8) is 0 Å². The molecule has 6 heteroatoms. The fraction of sp³-hybridized carbons (Fsp3) is 0.773. The van der Waals surface area contributed by atoms with Gasteiger partial charge in [-0.25, -0.2) is 4.98 Å². The first-order valence-corrected chi connectivity index (χ1v) is 11.3. The maximum atomic E-state index is 9.93. The van der Waals surface area contributed by atoms with Crippen LogP contribution in [0.4, 0.5) is 11.8 Å². The van der Waals surface area contributed by atoms with Crippen LogP contribution in [0.3, 0.4) is 0 Å². The summed E-state index contributed by atoms with van der Waals surface area (Å²) >= 11 is 0. The van der Waals surface area contributed by atoms with Gasteiger partial charge in [-0.2, -0.15) is 10.2 Å². The maximum absolute atomic E-state index is 9.93. The smallest absolute Gasteiger partial charge is 0.224 e. The Balaban J connectivity index is 1.41. The van der Waals surface area contributed by atoms with E-state index in [1.54, 1.807) is 0 Å². The van der Waals surface area contributed by atoms with Gasteiger partial charge >= 0.3 is 0 Å². The van der Waals surface area contributed by atoms with Crippen LogP contribution in [0, 0.1) is 11.3 Å². The Bertz CT molecular complexity index is 670. The Morgan fingerprint density at radius 3 is 2.50 bits per heavy atom. The Labute approximate surface area is 169 Å². The minimum Gasteiger partial charge on any atom is -0.356 e. The highest BCUT2D eigenvalue weighted by atomic mass is 15.3. The number of hydrogen-bond acceptors (Lipinski definition) is 6. The van der Waals surface area contributed by atoms with Crippen molar-refractivity contribution < 1.29 is 0 Å². The number of nitriles is 1. The van der Waals surface area contributed by atoms with Gasteiger partial charge in [0.25, 0.3) is 0 Å². The van der Waals surface area contributed by atoms with E-state index in [4.69, 9.17) is 4.98 Å². The van der Waals surface area contributed by atoms with E-state index in [1.807, 2.05) is 12.3 Å². The summed E-state index contributed by atoms with van der Waals surface area (Å²) in [6.45, 7) is 4.15. The van der Waals surface area contributed by atoms with E-state index in [2.05, 4.69) is 26.2 Å². The first kappa shape index (κ1) is 19.4. The lowest BCUT2D eigenvalue weighted by atomic mass is 9.80. The number of piperidine rings is 1. The molecule has 0 unspecified atom stereocenters. The molecule has 2 saturated heterocycles. The molecule has 1 atom stereocenters. The van der Waals surface area contributed by atoms with Crippen LogP contribution in [-0.2, 0) is 0 Å². The molecule has 0 spiro atoms. The molecular weight excluding hydrogens is 348 g/mol. The summed E-state index contributed by atoms with van der Waals surface area (Å²) in [5.74, 6) is 1.79. The number of anilines is 2. The van der Waals surface area contributed by atoms with Crippen molar-refractivity contribution in [2.75, 3.05) is 36.4 Å². The van der Waals surface area contributed by atoms with E-state index in [9.17, 15) is 5.26 Å². The monoisotopic (exact) mass is 382 g/mol. The fourth-order valence-corrected chi connectivity index (χ4v) is 5.20. The van der Waals surface area contributed by atoms with Gasteiger partial charge in [0.2, 0.25) is 5.95 Å². The van der Waals surface area contributed by atoms with Crippen molar-refractivity contribution >= 4 is 11.8 Å². The normalized spacial score (nSPS) is 26.2. The average Bonchev–Trinajstić information content (AvgIpc) is 3.04. The molecule has 152 valence electrons. The summed E-state index contributed by atoms with van der Waals surface area (Å²) in [7, 11) is 0. The highest BCUT2D eigenvalue weighted by Crippen LogP contribution is 2.35. The number of rotatable bonds is 4. The molecule has 0 radical (unpaired) electrons. The van der Waals surface area contributed by atoms with Gasteiger partial charge in [-0.15, -0.1) is 0 Å². The van der Waals surface area contributed by atoms with Crippen LogP contribution < -0.4 is 10.2 Å². The van der Waals surface area contributed by atoms with E-state index in [1.165, 1.54) is 44.9 Å². The second kappa shape index (κ2) is 9.09. The van der Waals surface area contributed by atoms with Crippen molar-refractivity contribution in [2.45, 2.75) is 82.2 Å². The second-order valence-corrected chi connectivity index (χ2v) is 8.77. The Morgan fingerprint density at radius 2 is 1.75 bits per heavy atom. The van der Waals surface area contributed by atoms with Crippen molar-refractivity contribution in [1.29, 1.82) is 5.26 Å². The van der Waals surface area contributed by atoms with Gasteiger partial charge in [-0.3, -0.25) is 4.90 Å². The molecule has 2 aliphatic heterocycles. The Kier molecular flexibility index (Phi) is 6.31. The number of hydrogen-bond donors (Lipinski definition) is 1. The van der Waals surface area contributed by atoms with E-state index in [0.29, 0.717) is 6.04 Å². The third-order valence-electron chi connectivity index (χ3n) is 6.82. The van der Waals surface area contributed by atoms with Crippen LogP contribution in [0.5, 0.6) is 0 Å². The molecule has 1 aromatic rings. The molecule has 3 aliphatic rings. The maximum Gasteiger partial charge on any atom is 0.224 e. The lowest BCUT2D eigenvalue weighted by Gasteiger charge is -2.45. The molecule has 3 heterocycles. The number of likely N-dealkylation sites (tertiary alicyclic amines) is 1. The van der Waals surface area contributed by atoms with E-state index in [-0.39, 0.29) is 5.54 Å². The van der Waals surface area contributed by atoms with Crippen LogP contribution in [0.2, 0.25) is 0 Å². The van der Waals surface area contributed by atoms with Crippen molar-refractivity contribution in [3.8, 4) is 6.07 Å². The molecule has 28 heavy (non-hydrogen) atoms. The average molecular weight is 383 g/mol. The van der Waals surface area contributed by atoms with Crippen LogP contribution in [0.25, 0.3) is 0 Å². The minimum absolute atomic E-state index is 0.243. The van der Waals surface area contributed by atoms with Gasteiger partial charge in [0.15, 0.2) is 0 Å². The van der Waals surface area contributed by atoms with Crippen LogP contribution in [0.15, 0.2) is 12.3 Å². The molecule has 6 nitrogen and oxygen atoms in total. The van der Waals surface area contributed by atoms with Gasteiger partial charge in [0.1, 0.15) is 11.4 Å². The third-order valence-corrected chi connectivity index (χ3v) is 6.82. The van der Waals surface area contributed by atoms with Gasteiger partial charge in [-0.1, -0.05) is 32.1 Å². The fourth-order valence-electron chi connectivity index (χ4n) is 5.20. The molecule has 0 bridgehead atoms. The zero-order chi connectivity index (χ0) is 19.2. The summed E-state index contributed by atoms with van der Waals surface area (Å²) in [4.78, 5) is 14.2. The molecule has 0 amide bonds. The van der Waals surface area contributed by atoms with E-state index in [0.717, 1.165) is 63.6 Å². The predicted octanol–water partition coefficient (Wildman–Crippen LogP) is 3.96. The minimum atomic E-state index is -0.243. The van der Waals surface area contributed by atoms with Gasteiger partial charge in [0, 0.05) is 31.9 Å². The third kappa shape index (κ3) is 4.41. The molecule has 0 aromatic carbocycles.